The van der Waals surface area contributed by atoms with Crippen molar-refractivity contribution in [3.05, 3.63) is 81.0 Å². The van der Waals surface area contributed by atoms with Gasteiger partial charge in [0.25, 0.3) is 0 Å². The minimum Gasteiger partial charge on any atom is -0.287 e. The molecule has 0 N–H and O–H groups in total. The maximum atomic E-state index is 12.4. The lowest BCUT2D eigenvalue weighted by Gasteiger charge is -2.14. The number of hydrogen-bond donors (Lipinski definition) is 0. The monoisotopic (exact) mass is 329 g/mol. The van der Waals surface area contributed by atoms with Gasteiger partial charge in [-0.3, -0.25) is 14.6 Å². The topological polar surface area (TPSA) is 46.5 Å². The highest BCUT2D eigenvalue weighted by molar-refractivity contribution is 6.50. The second-order valence-corrected chi connectivity index (χ2v) is 5.49. The first-order valence-corrected chi connectivity index (χ1v) is 7.21. The Morgan fingerprint density at radius 1 is 0.818 bits per heavy atom. The number of carbonyl (C=O) groups is 2. The van der Waals surface area contributed by atoms with Gasteiger partial charge in [0.15, 0.2) is 0 Å². The number of ketones is 2. The van der Waals surface area contributed by atoms with Crippen LogP contribution in [0, 0.1) is 0 Å². The van der Waals surface area contributed by atoms with Crippen LogP contribution in [-0.4, -0.2) is 17.8 Å². The third kappa shape index (κ3) is 2.61. The van der Waals surface area contributed by atoms with Gasteiger partial charge in [0.1, 0.15) is 10.7 Å². The summed E-state index contributed by atoms with van der Waals surface area (Å²) in [5, 5.41) is 0.446. The highest BCUT2D eigenvalue weighted by Gasteiger charge is 2.30. The summed E-state index contributed by atoms with van der Waals surface area (Å²) >= 11 is 11.8. The number of nitrogens with zero attached hydrogens (tertiary/aromatic N) is 1. The van der Waals surface area contributed by atoms with Gasteiger partial charge in [0.05, 0.1) is 0 Å². The minimum absolute atomic E-state index is 0.0414. The number of carbonyl (C=O) groups excluding carboxylic acids is 2. The first kappa shape index (κ1) is 14.7. The molecule has 0 atom stereocenters. The van der Waals surface area contributed by atoms with Crippen molar-refractivity contribution in [2.24, 2.45) is 4.99 Å². The Balaban J connectivity index is 2.00. The van der Waals surface area contributed by atoms with Crippen LogP contribution >= 0.6 is 23.2 Å². The van der Waals surface area contributed by atoms with Crippen LogP contribution in [0.5, 0.6) is 0 Å². The molecule has 0 unspecified atom stereocenters. The van der Waals surface area contributed by atoms with Gasteiger partial charge in [-0.05, 0) is 17.7 Å². The van der Waals surface area contributed by atoms with E-state index in [0.29, 0.717) is 16.1 Å². The Bertz CT molecular complexity index is 836. The zero-order chi connectivity index (χ0) is 15.7. The lowest BCUT2D eigenvalue weighted by Crippen LogP contribution is -2.19. The van der Waals surface area contributed by atoms with Gasteiger partial charge in [0.2, 0.25) is 11.6 Å². The van der Waals surface area contributed by atoms with Crippen molar-refractivity contribution < 1.29 is 9.59 Å². The molecule has 0 aliphatic heterocycles. The molecular weight excluding hydrogens is 321 g/mol. The summed E-state index contributed by atoms with van der Waals surface area (Å²) in [6.07, 6.45) is 1.48. The van der Waals surface area contributed by atoms with Crippen LogP contribution in [0.3, 0.4) is 0 Å². The number of benzene rings is 2. The maximum Gasteiger partial charge on any atom is 0.213 e. The van der Waals surface area contributed by atoms with Gasteiger partial charge in [-0.1, -0.05) is 59.6 Å². The molecule has 0 saturated heterocycles. The summed E-state index contributed by atoms with van der Waals surface area (Å²) in [5.41, 5.74) is 1.34. The van der Waals surface area contributed by atoms with Gasteiger partial charge >= 0.3 is 0 Å². The molecule has 3 nitrogen and oxygen atoms in total. The van der Waals surface area contributed by atoms with Gasteiger partial charge in [-0.2, -0.15) is 0 Å². The number of hydrogen-bond acceptors (Lipinski definition) is 3. The fraction of sp³-hybridized carbons (Fsp3) is 0. The second-order valence-electron chi connectivity index (χ2n) is 4.68. The zero-order valence-corrected chi connectivity index (χ0v) is 12.7. The SMILES string of the molecule is O=C1C(Cl)=C(N=Cc2ccc(Cl)cc2)C(=O)c2ccccc21. The molecule has 0 bridgehead atoms. The normalized spacial score (nSPS) is 14.6. The van der Waals surface area contributed by atoms with Crippen molar-refractivity contribution in [3.8, 4) is 0 Å². The van der Waals surface area contributed by atoms with E-state index in [9.17, 15) is 9.59 Å². The predicted octanol–water partition coefficient (Wildman–Crippen LogP) is 4.29. The summed E-state index contributed by atoms with van der Waals surface area (Å²) in [6.45, 7) is 0. The highest BCUT2D eigenvalue weighted by atomic mass is 35.5. The van der Waals surface area contributed by atoms with E-state index in [4.69, 9.17) is 23.2 Å². The molecule has 108 valence electrons. The van der Waals surface area contributed by atoms with Crippen LogP contribution in [-0.2, 0) is 0 Å². The zero-order valence-electron chi connectivity index (χ0n) is 11.2. The Morgan fingerprint density at radius 3 is 2.05 bits per heavy atom. The van der Waals surface area contributed by atoms with E-state index in [1.54, 1.807) is 48.5 Å². The molecule has 0 amide bonds. The smallest absolute Gasteiger partial charge is 0.213 e. The maximum absolute atomic E-state index is 12.4. The van der Waals surface area contributed by atoms with Gasteiger partial charge < -0.3 is 0 Å². The largest absolute Gasteiger partial charge is 0.287 e. The Labute approximate surface area is 136 Å². The molecular formula is C17H9Cl2NO2. The molecule has 2 aromatic rings. The number of aliphatic imine (C=N–C) groups is 1. The van der Waals surface area contributed by atoms with Gasteiger partial charge in [-0.25, -0.2) is 0 Å². The number of halogens is 2. The number of rotatable bonds is 2. The third-order valence-corrected chi connectivity index (χ3v) is 3.85. The van der Waals surface area contributed by atoms with Crippen LogP contribution in [0.15, 0.2) is 64.3 Å². The van der Waals surface area contributed by atoms with E-state index >= 15 is 0 Å². The van der Waals surface area contributed by atoms with Crippen molar-refractivity contribution in [2.75, 3.05) is 0 Å². The Hall–Kier alpha value is -2.23. The quantitative estimate of drug-likeness (QED) is 0.771. The van der Waals surface area contributed by atoms with Crippen molar-refractivity contribution in [2.45, 2.75) is 0 Å². The standard InChI is InChI=1S/C17H9Cl2NO2/c18-11-7-5-10(6-8-11)9-20-15-14(19)16(21)12-3-1-2-4-13(12)17(15)22/h1-9H. The van der Waals surface area contributed by atoms with E-state index in [-0.39, 0.29) is 22.3 Å². The van der Waals surface area contributed by atoms with Crippen molar-refractivity contribution >= 4 is 41.0 Å². The van der Waals surface area contributed by atoms with Crippen LogP contribution < -0.4 is 0 Å². The number of allylic oxidation sites excluding steroid dienone is 2. The molecule has 22 heavy (non-hydrogen) atoms. The van der Waals surface area contributed by atoms with Crippen molar-refractivity contribution in [1.82, 2.24) is 0 Å². The summed E-state index contributed by atoms with van der Waals surface area (Å²) in [6, 6.07) is 13.5. The lowest BCUT2D eigenvalue weighted by molar-refractivity contribution is 0.0980. The first-order valence-electron chi connectivity index (χ1n) is 6.46. The molecule has 2 aromatic carbocycles. The Kier molecular flexibility index (Phi) is 3.92. The molecule has 5 heteroatoms. The van der Waals surface area contributed by atoms with Gasteiger partial charge in [-0.15, -0.1) is 0 Å². The molecule has 0 fully saturated rings. The minimum atomic E-state index is -0.389. The molecule has 0 spiro atoms. The highest BCUT2D eigenvalue weighted by Crippen LogP contribution is 2.29. The fourth-order valence-electron chi connectivity index (χ4n) is 2.14. The average molecular weight is 330 g/mol. The number of fused-ring (bicyclic) bond motifs is 1. The third-order valence-electron chi connectivity index (χ3n) is 3.25. The predicted molar refractivity (Wildman–Crippen MR) is 87.0 cm³/mol. The first-order chi connectivity index (χ1) is 10.6. The van der Waals surface area contributed by atoms with Gasteiger partial charge in [0, 0.05) is 22.4 Å². The summed E-state index contributed by atoms with van der Waals surface area (Å²) in [5.74, 6) is -0.745. The second kappa shape index (κ2) is 5.87. The molecule has 3 rings (SSSR count). The van der Waals surface area contributed by atoms with E-state index in [0.717, 1.165) is 5.56 Å². The number of Topliss-reactive ketones (excluding diaryl/α,β-unsaturated/α-hetero) is 2. The molecule has 1 aliphatic carbocycles. The lowest BCUT2D eigenvalue weighted by atomic mass is 9.93. The molecule has 0 saturated carbocycles. The summed E-state index contributed by atoms with van der Waals surface area (Å²) < 4.78 is 0. The van der Waals surface area contributed by atoms with E-state index < -0.39 is 0 Å². The molecule has 0 radical (unpaired) electrons. The molecule has 0 heterocycles. The Morgan fingerprint density at radius 2 is 1.41 bits per heavy atom. The fourth-order valence-corrected chi connectivity index (χ4v) is 2.50. The molecule has 0 aromatic heterocycles. The van der Waals surface area contributed by atoms with Crippen LogP contribution in [0.1, 0.15) is 26.3 Å². The van der Waals surface area contributed by atoms with E-state index in [2.05, 4.69) is 4.99 Å². The van der Waals surface area contributed by atoms with Crippen LogP contribution in [0.2, 0.25) is 5.02 Å². The average Bonchev–Trinajstić information content (AvgIpc) is 2.54. The summed E-state index contributed by atoms with van der Waals surface area (Å²) in [7, 11) is 0. The van der Waals surface area contributed by atoms with Crippen molar-refractivity contribution in [1.29, 1.82) is 0 Å². The van der Waals surface area contributed by atoms with E-state index in [1.807, 2.05) is 0 Å². The summed E-state index contributed by atoms with van der Waals surface area (Å²) in [4.78, 5) is 28.7. The molecule has 1 aliphatic rings. The van der Waals surface area contributed by atoms with Crippen LogP contribution in [0.25, 0.3) is 0 Å². The van der Waals surface area contributed by atoms with Crippen LogP contribution in [0.4, 0.5) is 0 Å². The van der Waals surface area contributed by atoms with E-state index in [1.165, 1.54) is 6.21 Å². The van der Waals surface area contributed by atoms with Crippen molar-refractivity contribution in [3.63, 3.8) is 0 Å².